The third kappa shape index (κ3) is 3.74. The topological polar surface area (TPSA) is 26.3 Å². The van der Waals surface area contributed by atoms with Crippen LogP contribution in [-0.4, -0.2) is 12.1 Å². The van der Waals surface area contributed by atoms with Gasteiger partial charge in [-0.1, -0.05) is 34.6 Å². The Labute approximate surface area is 75.3 Å². The summed E-state index contributed by atoms with van der Waals surface area (Å²) in [6, 6.07) is 0. The third-order valence-corrected chi connectivity index (χ3v) is 1.88. The quantitative estimate of drug-likeness (QED) is 0.609. The Morgan fingerprint density at radius 1 is 1.25 bits per heavy atom. The predicted octanol–water partition coefficient (Wildman–Crippen LogP) is 2.62. The van der Waals surface area contributed by atoms with Crippen molar-refractivity contribution in [3.63, 3.8) is 0 Å². The number of hydrogen-bond donors (Lipinski definition) is 0. The molecule has 12 heavy (non-hydrogen) atoms. The smallest absolute Gasteiger partial charge is 0.308 e. The molecule has 0 rings (SSSR count). The van der Waals surface area contributed by atoms with Gasteiger partial charge in [0.05, 0.1) is 5.92 Å². The van der Waals surface area contributed by atoms with E-state index in [-0.39, 0.29) is 18.0 Å². The lowest BCUT2D eigenvalue weighted by atomic mass is 10.1. The van der Waals surface area contributed by atoms with Crippen molar-refractivity contribution < 1.29 is 9.53 Å². The van der Waals surface area contributed by atoms with E-state index in [1.54, 1.807) is 0 Å². The molecule has 0 aliphatic heterocycles. The van der Waals surface area contributed by atoms with E-state index in [2.05, 4.69) is 13.8 Å². The average molecular weight is 172 g/mol. The molecule has 2 heteroatoms. The van der Waals surface area contributed by atoms with Crippen molar-refractivity contribution >= 4 is 5.97 Å². The lowest BCUT2D eigenvalue weighted by Gasteiger charge is -2.20. The van der Waals surface area contributed by atoms with E-state index in [0.717, 1.165) is 6.42 Å². The normalized spacial score (nSPS) is 13.6. The first-order valence-electron chi connectivity index (χ1n) is 4.69. The molecular weight excluding hydrogens is 152 g/mol. The van der Waals surface area contributed by atoms with Crippen LogP contribution in [0.4, 0.5) is 0 Å². The highest BCUT2D eigenvalue weighted by Crippen LogP contribution is 2.12. The molecule has 0 aliphatic rings. The molecule has 72 valence electrons. The first kappa shape index (κ1) is 11.5. The zero-order valence-electron chi connectivity index (χ0n) is 8.76. The van der Waals surface area contributed by atoms with Crippen LogP contribution in [0.3, 0.4) is 0 Å². The van der Waals surface area contributed by atoms with Crippen LogP contribution in [0, 0.1) is 11.8 Å². The molecule has 1 unspecified atom stereocenters. The van der Waals surface area contributed by atoms with Crippen LogP contribution in [-0.2, 0) is 9.53 Å². The lowest BCUT2D eigenvalue weighted by molar-refractivity contribution is -0.155. The molecule has 0 aromatic carbocycles. The maximum atomic E-state index is 11.2. The predicted molar refractivity (Wildman–Crippen MR) is 49.8 cm³/mol. The lowest BCUT2D eigenvalue weighted by Crippen LogP contribution is -2.25. The maximum absolute atomic E-state index is 11.2. The maximum Gasteiger partial charge on any atom is 0.308 e. The molecule has 0 N–H and O–H groups in total. The van der Waals surface area contributed by atoms with E-state index in [0.29, 0.717) is 5.92 Å². The number of rotatable bonds is 4. The summed E-state index contributed by atoms with van der Waals surface area (Å²) in [7, 11) is 0. The van der Waals surface area contributed by atoms with Crippen molar-refractivity contribution in [2.24, 2.45) is 11.8 Å². The summed E-state index contributed by atoms with van der Waals surface area (Å²) >= 11 is 0. The molecule has 0 amide bonds. The second kappa shape index (κ2) is 5.18. The van der Waals surface area contributed by atoms with Crippen LogP contribution >= 0.6 is 0 Å². The Morgan fingerprint density at radius 3 is 2.00 bits per heavy atom. The van der Waals surface area contributed by atoms with Gasteiger partial charge in [-0.3, -0.25) is 4.79 Å². The molecule has 0 radical (unpaired) electrons. The number of esters is 1. The van der Waals surface area contributed by atoms with Crippen molar-refractivity contribution in [3.05, 3.63) is 0 Å². The number of ether oxygens (including phenoxy) is 1. The fraction of sp³-hybridized carbons (Fsp3) is 0.900. The van der Waals surface area contributed by atoms with Crippen molar-refractivity contribution in [1.29, 1.82) is 0 Å². The van der Waals surface area contributed by atoms with Crippen LogP contribution in [0.2, 0.25) is 0 Å². The van der Waals surface area contributed by atoms with E-state index in [4.69, 9.17) is 4.74 Å². The number of hydrogen-bond acceptors (Lipinski definition) is 2. The zero-order chi connectivity index (χ0) is 9.72. The highest BCUT2D eigenvalue weighted by molar-refractivity contribution is 5.71. The van der Waals surface area contributed by atoms with Gasteiger partial charge >= 0.3 is 5.97 Å². The van der Waals surface area contributed by atoms with E-state index in [1.165, 1.54) is 0 Å². The van der Waals surface area contributed by atoms with Gasteiger partial charge in [0, 0.05) is 0 Å². The molecule has 0 spiro atoms. The molecule has 0 aliphatic carbocycles. The Balaban J connectivity index is 3.94. The fourth-order valence-electron chi connectivity index (χ4n) is 0.976. The van der Waals surface area contributed by atoms with E-state index in [9.17, 15) is 4.79 Å². The fourth-order valence-corrected chi connectivity index (χ4v) is 0.976. The van der Waals surface area contributed by atoms with E-state index < -0.39 is 0 Å². The molecule has 0 fully saturated rings. The molecular formula is C10H20O2. The standard InChI is InChI=1S/C10H20O2/c1-6-9(7(2)3)12-10(11)8(4)5/h7-9H,6H2,1-5H3. The summed E-state index contributed by atoms with van der Waals surface area (Å²) in [5.74, 6) is 0.311. The first-order valence-corrected chi connectivity index (χ1v) is 4.69. The summed E-state index contributed by atoms with van der Waals surface area (Å²) in [6.45, 7) is 9.90. The second-order valence-corrected chi connectivity index (χ2v) is 3.78. The van der Waals surface area contributed by atoms with Crippen LogP contribution in [0.25, 0.3) is 0 Å². The number of carbonyl (C=O) groups excluding carboxylic acids is 1. The molecule has 2 nitrogen and oxygen atoms in total. The number of carbonyl (C=O) groups is 1. The SMILES string of the molecule is CCC(OC(=O)C(C)C)C(C)C. The van der Waals surface area contributed by atoms with Gasteiger partial charge in [-0.25, -0.2) is 0 Å². The van der Waals surface area contributed by atoms with Gasteiger partial charge in [0.15, 0.2) is 0 Å². The molecule has 1 atom stereocenters. The van der Waals surface area contributed by atoms with Crippen molar-refractivity contribution in [3.8, 4) is 0 Å². The molecule has 0 aromatic heterocycles. The van der Waals surface area contributed by atoms with Crippen molar-refractivity contribution in [2.75, 3.05) is 0 Å². The highest BCUT2D eigenvalue weighted by atomic mass is 16.5. The zero-order valence-corrected chi connectivity index (χ0v) is 8.76. The van der Waals surface area contributed by atoms with Crippen LogP contribution in [0.15, 0.2) is 0 Å². The average Bonchev–Trinajstić information content (AvgIpc) is 1.98. The molecule has 0 saturated carbocycles. The van der Waals surface area contributed by atoms with Gasteiger partial charge in [-0.15, -0.1) is 0 Å². The Bertz CT molecular complexity index is 139. The molecule has 0 saturated heterocycles. The molecule has 0 bridgehead atoms. The van der Waals surface area contributed by atoms with Gasteiger partial charge < -0.3 is 4.74 Å². The second-order valence-electron chi connectivity index (χ2n) is 3.78. The van der Waals surface area contributed by atoms with Crippen LogP contribution in [0.1, 0.15) is 41.0 Å². The van der Waals surface area contributed by atoms with Gasteiger partial charge in [0.1, 0.15) is 6.10 Å². The summed E-state index contributed by atoms with van der Waals surface area (Å²) in [4.78, 5) is 11.2. The monoisotopic (exact) mass is 172 g/mol. The van der Waals surface area contributed by atoms with Gasteiger partial charge in [-0.05, 0) is 12.3 Å². The molecule has 0 aromatic rings. The summed E-state index contributed by atoms with van der Waals surface area (Å²) in [6.07, 6.45) is 0.982. The van der Waals surface area contributed by atoms with Crippen molar-refractivity contribution in [1.82, 2.24) is 0 Å². The van der Waals surface area contributed by atoms with Crippen LogP contribution < -0.4 is 0 Å². The van der Waals surface area contributed by atoms with Gasteiger partial charge in [0.2, 0.25) is 0 Å². The Hall–Kier alpha value is -0.530. The minimum absolute atomic E-state index is 0.0159. The first-order chi connectivity index (χ1) is 5.49. The third-order valence-electron chi connectivity index (χ3n) is 1.88. The van der Waals surface area contributed by atoms with Gasteiger partial charge in [-0.2, -0.15) is 0 Å². The van der Waals surface area contributed by atoms with E-state index >= 15 is 0 Å². The molecule has 0 heterocycles. The summed E-state index contributed by atoms with van der Waals surface area (Å²) in [5, 5.41) is 0. The highest BCUT2D eigenvalue weighted by Gasteiger charge is 2.17. The summed E-state index contributed by atoms with van der Waals surface area (Å²) in [5.41, 5.74) is 0. The minimum Gasteiger partial charge on any atom is -0.462 e. The van der Waals surface area contributed by atoms with E-state index in [1.807, 2.05) is 20.8 Å². The Kier molecular flexibility index (Phi) is 4.95. The largest absolute Gasteiger partial charge is 0.462 e. The van der Waals surface area contributed by atoms with Gasteiger partial charge in [0.25, 0.3) is 0 Å². The van der Waals surface area contributed by atoms with Crippen molar-refractivity contribution in [2.45, 2.75) is 47.1 Å². The minimum atomic E-state index is -0.0875. The van der Waals surface area contributed by atoms with Crippen LogP contribution in [0.5, 0.6) is 0 Å². The summed E-state index contributed by atoms with van der Waals surface area (Å²) < 4.78 is 5.28. The Morgan fingerprint density at radius 2 is 1.75 bits per heavy atom.